The van der Waals surface area contributed by atoms with Gasteiger partial charge < -0.3 is 9.73 Å². The summed E-state index contributed by atoms with van der Waals surface area (Å²) >= 11 is 5.91. The lowest BCUT2D eigenvalue weighted by molar-refractivity contribution is 0.0936. The zero-order valence-electron chi connectivity index (χ0n) is 11.5. The molecule has 3 N–H and O–H groups in total. The molecule has 0 saturated heterocycles. The van der Waals surface area contributed by atoms with Crippen molar-refractivity contribution in [1.29, 1.82) is 0 Å². The van der Waals surface area contributed by atoms with Gasteiger partial charge in [0.25, 0.3) is 5.91 Å². The number of halogens is 1. The minimum absolute atomic E-state index is 0.366. The molecule has 110 valence electrons. The molecule has 1 aromatic carbocycles. The summed E-state index contributed by atoms with van der Waals surface area (Å²) < 4.78 is 5.25. The number of hydrazine groups is 1. The Kier molecular flexibility index (Phi) is 4.49. The minimum Gasteiger partial charge on any atom is -0.466 e. The van der Waals surface area contributed by atoms with Crippen molar-refractivity contribution in [3.63, 3.8) is 0 Å². The summed E-state index contributed by atoms with van der Waals surface area (Å²) in [5.74, 6) is 0.648. The molecule has 6 nitrogen and oxygen atoms in total. The van der Waals surface area contributed by atoms with E-state index in [9.17, 15) is 9.59 Å². The molecule has 7 heteroatoms. The monoisotopic (exact) mass is 307 g/mol. The van der Waals surface area contributed by atoms with Crippen LogP contribution < -0.4 is 16.2 Å². The highest BCUT2D eigenvalue weighted by molar-refractivity contribution is 6.33. The SMILES string of the molecule is Cc1cc(C(=O)NNC(=O)Nc2ccccc2Cl)c(C)o1. The molecular formula is C14H14ClN3O3. The third-order valence-electron chi connectivity index (χ3n) is 2.70. The van der Waals surface area contributed by atoms with E-state index in [-0.39, 0.29) is 0 Å². The molecule has 1 heterocycles. The Morgan fingerprint density at radius 2 is 1.86 bits per heavy atom. The first kappa shape index (κ1) is 14.9. The zero-order valence-corrected chi connectivity index (χ0v) is 12.2. The van der Waals surface area contributed by atoms with Crippen molar-refractivity contribution in [3.8, 4) is 0 Å². The summed E-state index contributed by atoms with van der Waals surface area (Å²) in [4.78, 5) is 23.5. The summed E-state index contributed by atoms with van der Waals surface area (Å²) in [7, 11) is 0. The zero-order chi connectivity index (χ0) is 15.4. The van der Waals surface area contributed by atoms with E-state index in [4.69, 9.17) is 16.0 Å². The number of aryl methyl sites for hydroxylation is 2. The maximum Gasteiger partial charge on any atom is 0.337 e. The van der Waals surface area contributed by atoms with E-state index in [1.54, 1.807) is 44.2 Å². The summed E-state index contributed by atoms with van der Waals surface area (Å²) in [6.45, 7) is 3.41. The number of nitrogens with one attached hydrogen (secondary N) is 3. The molecule has 0 unspecified atom stereocenters. The molecule has 0 saturated carbocycles. The van der Waals surface area contributed by atoms with Crippen LogP contribution in [0.4, 0.5) is 10.5 Å². The van der Waals surface area contributed by atoms with Gasteiger partial charge in [0.15, 0.2) is 0 Å². The van der Waals surface area contributed by atoms with Crippen LogP contribution in [0.1, 0.15) is 21.9 Å². The molecule has 0 spiro atoms. The molecular weight excluding hydrogens is 294 g/mol. The summed E-state index contributed by atoms with van der Waals surface area (Å²) in [5, 5.41) is 2.92. The molecule has 0 aliphatic carbocycles. The van der Waals surface area contributed by atoms with E-state index in [0.717, 1.165) is 0 Å². The lowest BCUT2D eigenvalue weighted by Crippen LogP contribution is -2.44. The van der Waals surface area contributed by atoms with Crippen LogP contribution in [0.3, 0.4) is 0 Å². The maximum atomic E-state index is 11.9. The number of carbonyl (C=O) groups excluding carboxylic acids is 2. The van der Waals surface area contributed by atoms with Gasteiger partial charge in [-0.2, -0.15) is 0 Å². The Morgan fingerprint density at radius 3 is 2.48 bits per heavy atom. The molecule has 21 heavy (non-hydrogen) atoms. The molecule has 0 fully saturated rings. The Bertz CT molecular complexity index is 682. The second-order valence-electron chi connectivity index (χ2n) is 4.34. The number of urea groups is 1. The smallest absolute Gasteiger partial charge is 0.337 e. The Morgan fingerprint density at radius 1 is 1.14 bits per heavy atom. The number of para-hydroxylation sites is 1. The third kappa shape index (κ3) is 3.76. The summed E-state index contributed by atoms with van der Waals surface area (Å²) in [5.41, 5.74) is 5.34. The van der Waals surface area contributed by atoms with Crippen molar-refractivity contribution in [2.24, 2.45) is 0 Å². The van der Waals surface area contributed by atoms with Crippen molar-refractivity contribution in [1.82, 2.24) is 10.9 Å². The fourth-order valence-corrected chi connectivity index (χ4v) is 1.94. The van der Waals surface area contributed by atoms with Gasteiger partial charge in [0, 0.05) is 0 Å². The van der Waals surface area contributed by atoms with Gasteiger partial charge in [0.2, 0.25) is 0 Å². The molecule has 2 aromatic rings. The van der Waals surface area contributed by atoms with Gasteiger partial charge in [-0.25, -0.2) is 10.2 Å². The fourth-order valence-electron chi connectivity index (χ4n) is 1.75. The van der Waals surface area contributed by atoms with Crippen LogP contribution in [-0.4, -0.2) is 11.9 Å². The van der Waals surface area contributed by atoms with Crippen LogP contribution in [0.15, 0.2) is 34.7 Å². The first-order chi connectivity index (χ1) is 9.97. The van der Waals surface area contributed by atoms with Crippen LogP contribution >= 0.6 is 11.6 Å². The van der Waals surface area contributed by atoms with Crippen LogP contribution in [0.25, 0.3) is 0 Å². The Hall–Kier alpha value is -2.47. The molecule has 0 aliphatic heterocycles. The first-order valence-electron chi connectivity index (χ1n) is 6.16. The number of rotatable bonds is 2. The van der Waals surface area contributed by atoms with Crippen LogP contribution in [0, 0.1) is 13.8 Å². The van der Waals surface area contributed by atoms with E-state index in [1.165, 1.54) is 0 Å². The molecule has 1 aromatic heterocycles. The highest BCUT2D eigenvalue weighted by Crippen LogP contribution is 2.20. The third-order valence-corrected chi connectivity index (χ3v) is 3.03. The Labute approximate surface area is 126 Å². The predicted molar refractivity (Wildman–Crippen MR) is 79.3 cm³/mol. The first-order valence-corrected chi connectivity index (χ1v) is 6.54. The quantitative estimate of drug-likeness (QED) is 0.746. The predicted octanol–water partition coefficient (Wildman–Crippen LogP) is 3.02. The van der Waals surface area contributed by atoms with Crippen molar-refractivity contribution in [2.45, 2.75) is 13.8 Å². The van der Waals surface area contributed by atoms with Crippen molar-refractivity contribution >= 4 is 29.2 Å². The van der Waals surface area contributed by atoms with Crippen molar-refractivity contribution in [3.05, 3.63) is 52.4 Å². The molecule has 0 atom stereocenters. The van der Waals surface area contributed by atoms with E-state index in [0.29, 0.717) is 27.8 Å². The topological polar surface area (TPSA) is 83.4 Å². The number of furan rings is 1. The van der Waals surface area contributed by atoms with Crippen LogP contribution in [-0.2, 0) is 0 Å². The maximum absolute atomic E-state index is 11.9. The van der Waals surface area contributed by atoms with Gasteiger partial charge in [-0.05, 0) is 32.0 Å². The average Bonchev–Trinajstić information content (AvgIpc) is 2.78. The molecule has 0 aliphatic rings. The van der Waals surface area contributed by atoms with Crippen molar-refractivity contribution in [2.75, 3.05) is 5.32 Å². The number of amides is 3. The highest BCUT2D eigenvalue weighted by Gasteiger charge is 2.14. The molecule has 0 radical (unpaired) electrons. The van der Waals surface area contributed by atoms with Gasteiger partial charge >= 0.3 is 6.03 Å². The van der Waals surface area contributed by atoms with Gasteiger partial charge in [0.1, 0.15) is 11.5 Å². The van der Waals surface area contributed by atoms with E-state index >= 15 is 0 Å². The van der Waals surface area contributed by atoms with E-state index in [1.807, 2.05) is 0 Å². The number of hydrogen-bond donors (Lipinski definition) is 3. The van der Waals surface area contributed by atoms with Crippen LogP contribution in [0.2, 0.25) is 5.02 Å². The van der Waals surface area contributed by atoms with Gasteiger partial charge in [-0.15, -0.1) is 0 Å². The van der Waals surface area contributed by atoms with E-state index < -0.39 is 11.9 Å². The van der Waals surface area contributed by atoms with Gasteiger partial charge in [-0.3, -0.25) is 10.2 Å². The molecule has 0 bridgehead atoms. The summed E-state index contributed by atoms with van der Waals surface area (Å²) in [6.07, 6.45) is 0. The van der Waals surface area contributed by atoms with E-state index in [2.05, 4.69) is 16.2 Å². The lowest BCUT2D eigenvalue weighted by atomic mass is 10.2. The van der Waals surface area contributed by atoms with Gasteiger partial charge in [0.05, 0.1) is 16.3 Å². The minimum atomic E-state index is -0.602. The number of anilines is 1. The normalized spacial score (nSPS) is 10.0. The lowest BCUT2D eigenvalue weighted by Gasteiger charge is -2.09. The second-order valence-corrected chi connectivity index (χ2v) is 4.75. The van der Waals surface area contributed by atoms with Crippen molar-refractivity contribution < 1.29 is 14.0 Å². The largest absolute Gasteiger partial charge is 0.466 e. The molecule has 3 amide bonds. The number of carbonyl (C=O) groups is 2. The average molecular weight is 308 g/mol. The highest BCUT2D eigenvalue weighted by atomic mass is 35.5. The standard InChI is InChI=1S/C14H14ClN3O3/c1-8-7-10(9(2)21-8)13(19)17-18-14(20)16-12-6-4-3-5-11(12)15/h3-7H,1-2H3,(H,17,19)(H2,16,18,20). The fraction of sp³-hybridized carbons (Fsp3) is 0.143. The van der Waals surface area contributed by atoms with Crippen LogP contribution in [0.5, 0.6) is 0 Å². The summed E-state index contributed by atoms with van der Waals surface area (Å²) in [6, 6.07) is 7.77. The Balaban J connectivity index is 1.91. The van der Waals surface area contributed by atoms with Gasteiger partial charge in [-0.1, -0.05) is 23.7 Å². The number of hydrogen-bond acceptors (Lipinski definition) is 3. The number of benzene rings is 1. The molecule has 2 rings (SSSR count). The second kappa shape index (κ2) is 6.32.